The summed E-state index contributed by atoms with van der Waals surface area (Å²) in [6.07, 6.45) is 2.02. The molecule has 0 aromatic heterocycles. The first-order valence-electron chi connectivity index (χ1n) is 13.0. The van der Waals surface area contributed by atoms with Gasteiger partial charge in [-0.3, -0.25) is 13.9 Å². The van der Waals surface area contributed by atoms with Crippen LogP contribution in [0.3, 0.4) is 0 Å². The molecule has 0 heterocycles. The molecular weight excluding hydrogens is 614 g/mol. The smallest absolute Gasteiger partial charge is 0.244 e. The Morgan fingerprint density at radius 1 is 1.02 bits per heavy atom. The summed E-state index contributed by atoms with van der Waals surface area (Å²) < 4.78 is 27.7. The van der Waals surface area contributed by atoms with Crippen LogP contribution in [-0.4, -0.2) is 50.0 Å². The third-order valence-corrected chi connectivity index (χ3v) is 9.08. The SMILES string of the molecule is CC[C@H](C)NC(=O)[C@@H](Cc1ccccc1)N(Cc1ccccc1Cl)C(=O)CN(c1ccc(Br)c(C)c1)S(C)(=O)=O. The van der Waals surface area contributed by atoms with Crippen LogP contribution in [0.4, 0.5) is 5.69 Å². The van der Waals surface area contributed by atoms with Gasteiger partial charge in [0.15, 0.2) is 0 Å². The van der Waals surface area contributed by atoms with Gasteiger partial charge in [-0.25, -0.2) is 8.42 Å². The van der Waals surface area contributed by atoms with Crippen LogP contribution in [0.2, 0.25) is 5.02 Å². The van der Waals surface area contributed by atoms with E-state index in [1.165, 1.54) is 4.90 Å². The molecule has 0 aliphatic heterocycles. The zero-order chi connectivity index (χ0) is 29.4. The summed E-state index contributed by atoms with van der Waals surface area (Å²) in [5, 5.41) is 3.46. The van der Waals surface area contributed by atoms with Crippen LogP contribution >= 0.6 is 27.5 Å². The van der Waals surface area contributed by atoms with Crippen molar-refractivity contribution in [3.8, 4) is 0 Å². The van der Waals surface area contributed by atoms with Crippen molar-refractivity contribution in [3.63, 3.8) is 0 Å². The highest BCUT2D eigenvalue weighted by Gasteiger charge is 2.33. The van der Waals surface area contributed by atoms with Crippen LogP contribution in [0.1, 0.15) is 37.0 Å². The predicted octanol–water partition coefficient (Wildman–Crippen LogP) is 5.73. The largest absolute Gasteiger partial charge is 0.352 e. The number of carbonyl (C=O) groups is 2. The molecule has 40 heavy (non-hydrogen) atoms. The highest BCUT2D eigenvalue weighted by Crippen LogP contribution is 2.26. The molecule has 10 heteroatoms. The second-order valence-corrected chi connectivity index (χ2v) is 13.0. The third kappa shape index (κ3) is 8.56. The molecule has 3 aromatic carbocycles. The average molecular weight is 649 g/mol. The van der Waals surface area contributed by atoms with Crippen LogP contribution in [0, 0.1) is 6.92 Å². The van der Waals surface area contributed by atoms with Gasteiger partial charge in [0.1, 0.15) is 12.6 Å². The lowest BCUT2D eigenvalue weighted by molar-refractivity contribution is -0.140. The third-order valence-electron chi connectivity index (χ3n) is 6.68. The summed E-state index contributed by atoms with van der Waals surface area (Å²) in [5.74, 6) is -0.838. The van der Waals surface area contributed by atoms with Crippen molar-refractivity contribution in [2.45, 2.75) is 52.2 Å². The number of benzene rings is 3. The molecule has 0 aliphatic carbocycles. The van der Waals surface area contributed by atoms with E-state index in [-0.39, 0.29) is 24.9 Å². The van der Waals surface area contributed by atoms with Gasteiger partial charge in [-0.15, -0.1) is 0 Å². The van der Waals surface area contributed by atoms with Crippen molar-refractivity contribution in [3.05, 3.63) is 99.0 Å². The molecule has 0 saturated carbocycles. The minimum atomic E-state index is -3.84. The molecule has 0 fully saturated rings. The Bertz CT molecular complexity index is 1440. The molecular formula is C30H35BrClN3O4S. The zero-order valence-corrected chi connectivity index (χ0v) is 26.3. The average Bonchev–Trinajstić information content (AvgIpc) is 2.91. The van der Waals surface area contributed by atoms with Crippen molar-refractivity contribution < 1.29 is 18.0 Å². The number of amides is 2. The number of halogens is 2. The molecule has 2 atom stereocenters. The van der Waals surface area contributed by atoms with E-state index in [0.29, 0.717) is 22.7 Å². The summed E-state index contributed by atoms with van der Waals surface area (Å²) in [7, 11) is -3.84. The summed E-state index contributed by atoms with van der Waals surface area (Å²) in [6.45, 7) is 5.26. The molecule has 2 amide bonds. The Kier molecular flexibility index (Phi) is 11.2. The van der Waals surface area contributed by atoms with Gasteiger partial charge in [-0.1, -0.05) is 83.0 Å². The highest BCUT2D eigenvalue weighted by atomic mass is 79.9. The first-order valence-corrected chi connectivity index (χ1v) is 16.0. The Balaban J connectivity index is 2.08. The summed E-state index contributed by atoms with van der Waals surface area (Å²) >= 11 is 9.92. The first kappa shape index (κ1) is 31.6. The molecule has 0 radical (unpaired) electrons. The van der Waals surface area contributed by atoms with E-state index in [4.69, 9.17) is 11.6 Å². The van der Waals surface area contributed by atoms with Crippen LogP contribution < -0.4 is 9.62 Å². The Morgan fingerprint density at radius 3 is 2.27 bits per heavy atom. The van der Waals surface area contributed by atoms with E-state index >= 15 is 0 Å². The van der Waals surface area contributed by atoms with Gasteiger partial charge in [0.05, 0.1) is 11.9 Å². The summed E-state index contributed by atoms with van der Waals surface area (Å²) in [5.41, 5.74) is 2.70. The molecule has 1 N–H and O–H groups in total. The summed E-state index contributed by atoms with van der Waals surface area (Å²) in [4.78, 5) is 29.3. The lowest BCUT2D eigenvalue weighted by atomic mass is 10.0. The van der Waals surface area contributed by atoms with Crippen molar-refractivity contribution in [2.75, 3.05) is 17.1 Å². The molecule has 7 nitrogen and oxygen atoms in total. The van der Waals surface area contributed by atoms with Gasteiger partial charge >= 0.3 is 0 Å². The Morgan fingerprint density at radius 2 is 1.68 bits per heavy atom. The molecule has 3 aromatic rings. The zero-order valence-electron chi connectivity index (χ0n) is 23.1. The molecule has 3 rings (SSSR count). The topological polar surface area (TPSA) is 86.8 Å². The number of sulfonamides is 1. The molecule has 0 unspecified atom stereocenters. The van der Waals surface area contributed by atoms with Gasteiger partial charge in [0, 0.05) is 28.5 Å². The quantitative estimate of drug-likeness (QED) is 0.272. The number of anilines is 1. The fraction of sp³-hybridized carbons (Fsp3) is 0.333. The van der Waals surface area contributed by atoms with Crippen LogP contribution in [0.5, 0.6) is 0 Å². The molecule has 0 saturated heterocycles. The van der Waals surface area contributed by atoms with Gasteiger partial charge in [-0.05, 0) is 61.2 Å². The fourth-order valence-electron chi connectivity index (χ4n) is 4.20. The minimum absolute atomic E-state index is 0.0287. The standard InChI is InChI=1S/C30H35BrClN3O4S/c1-5-22(3)33-30(37)28(18-23-11-7-6-8-12-23)34(19-24-13-9-10-14-27(24)32)29(36)20-35(40(4,38)39)25-15-16-26(31)21(2)17-25/h6-17,22,28H,5,18-20H2,1-4H3,(H,33,37)/t22-,28+/m0/s1. The van der Waals surface area contributed by atoms with Crippen molar-refractivity contribution in [1.29, 1.82) is 0 Å². The van der Waals surface area contributed by atoms with E-state index < -0.39 is 28.5 Å². The van der Waals surface area contributed by atoms with E-state index in [9.17, 15) is 18.0 Å². The Hall–Kier alpha value is -2.88. The van der Waals surface area contributed by atoms with Crippen molar-refractivity contribution in [2.24, 2.45) is 0 Å². The highest BCUT2D eigenvalue weighted by molar-refractivity contribution is 9.10. The maximum atomic E-state index is 14.1. The normalized spacial score (nSPS) is 12.8. The van der Waals surface area contributed by atoms with Crippen molar-refractivity contribution in [1.82, 2.24) is 10.2 Å². The van der Waals surface area contributed by atoms with E-state index in [1.54, 1.807) is 36.4 Å². The van der Waals surface area contributed by atoms with E-state index in [1.807, 2.05) is 57.2 Å². The lowest BCUT2D eigenvalue weighted by Crippen LogP contribution is -2.54. The van der Waals surface area contributed by atoms with Gasteiger partial charge in [0.2, 0.25) is 21.8 Å². The summed E-state index contributed by atoms with van der Waals surface area (Å²) in [6, 6.07) is 20.6. The number of nitrogens with zero attached hydrogens (tertiary/aromatic N) is 2. The van der Waals surface area contributed by atoms with Gasteiger partial charge in [0.25, 0.3) is 0 Å². The first-order chi connectivity index (χ1) is 18.9. The van der Waals surface area contributed by atoms with E-state index in [2.05, 4.69) is 21.2 Å². The molecule has 0 spiro atoms. The maximum absolute atomic E-state index is 14.1. The molecule has 0 aliphatic rings. The van der Waals surface area contributed by atoms with E-state index in [0.717, 1.165) is 26.2 Å². The number of nitrogens with one attached hydrogen (secondary N) is 1. The lowest BCUT2D eigenvalue weighted by Gasteiger charge is -2.34. The number of carbonyl (C=O) groups excluding carboxylic acids is 2. The van der Waals surface area contributed by atoms with Crippen LogP contribution in [-0.2, 0) is 32.6 Å². The Labute approximate surface area is 250 Å². The van der Waals surface area contributed by atoms with Gasteiger partial charge < -0.3 is 10.2 Å². The second-order valence-electron chi connectivity index (χ2n) is 9.84. The van der Waals surface area contributed by atoms with Crippen LogP contribution in [0.15, 0.2) is 77.3 Å². The maximum Gasteiger partial charge on any atom is 0.244 e. The molecule has 214 valence electrons. The van der Waals surface area contributed by atoms with Crippen molar-refractivity contribution >= 4 is 55.1 Å². The second kappa shape index (κ2) is 14.1. The number of hydrogen-bond donors (Lipinski definition) is 1. The molecule has 0 bridgehead atoms. The fourth-order valence-corrected chi connectivity index (χ4v) is 5.49. The van der Waals surface area contributed by atoms with Gasteiger partial charge in [-0.2, -0.15) is 0 Å². The number of aryl methyl sites for hydroxylation is 1. The predicted molar refractivity (Wildman–Crippen MR) is 165 cm³/mol. The number of rotatable bonds is 12. The monoisotopic (exact) mass is 647 g/mol. The number of hydrogen-bond acceptors (Lipinski definition) is 4. The minimum Gasteiger partial charge on any atom is -0.352 e. The van der Waals surface area contributed by atoms with Crippen LogP contribution in [0.25, 0.3) is 0 Å².